The van der Waals surface area contributed by atoms with Gasteiger partial charge in [-0.05, 0) is 60.7 Å². The SMILES string of the molecule is Fc1ccc(-c2nc(CSc3nnc(-c4ccc(F)cc4)n3-c3ccccc3)no2)cc1. The molecule has 0 N–H and O–H groups in total. The Kier molecular flexibility index (Phi) is 5.47. The van der Waals surface area contributed by atoms with Crippen LogP contribution in [0.2, 0.25) is 0 Å². The summed E-state index contributed by atoms with van der Waals surface area (Å²) >= 11 is 1.39. The Labute approximate surface area is 185 Å². The van der Waals surface area contributed by atoms with Gasteiger partial charge < -0.3 is 4.52 Å². The van der Waals surface area contributed by atoms with Crippen molar-refractivity contribution in [2.45, 2.75) is 10.9 Å². The molecule has 158 valence electrons. The summed E-state index contributed by atoms with van der Waals surface area (Å²) in [5.74, 6) is 1.12. The zero-order chi connectivity index (χ0) is 21.9. The highest BCUT2D eigenvalue weighted by Crippen LogP contribution is 2.30. The van der Waals surface area contributed by atoms with Gasteiger partial charge in [0, 0.05) is 16.8 Å². The van der Waals surface area contributed by atoms with Gasteiger partial charge in [-0.3, -0.25) is 4.57 Å². The molecule has 0 aliphatic rings. The molecule has 0 saturated heterocycles. The van der Waals surface area contributed by atoms with E-state index in [-0.39, 0.29) is 11.6 Å². The predicted octanol–water partition coefficient (Wildman–Crippen LogP) is 5.55. The van der Waals surface area contributed by atoms with Crippen LogP contribution in [-0.4, -0.2) is 24.9 Å². The summed E-state index contributed by atoms with van der Waals surface area (Å²) < 4.78 is 33.7. The molecule has 5 aromatic rings. The van der Waals surface area contributed by atoms with Gasteiger partial charge >= 0.3 is 0 Å². The maximum Gasteiger partial charge on any atom is 0.257 e. The van der Waals surface area contributed by atoms with Gasteiger partial charge in [0.15, 0.2) is 16.8 Å². The summed E-state index contributed by atoms with van der Waals surface area (Å²) in [4.78, 5) is 4.38. The molecule has 9 heteroatoms. The Hall–Kier alpha value is -3.85. The Morgan fingerprint density at radius 1 is 0.781 bits per heavy atom. The molecule has 0 aliphatic heterocycles. The molecule has 32 heavy (non-hydrogen) atoms. The first kappa shape index (κ1) is 20.1. The predicted molar refractivity (Wildman–Crippen MR) is 116 cm³/mol. The third-order valence-electron chi connectivity index (χ3n) is 4.64. The molecule has 0 unspecified atom stereocenters. The number of hydrogen-bond donors (Lipinski definition) is 0. The molecular formula is C23H15F2N5OS. The fraction of sp³-hybridized carbons (Fsp3) is 0.0435. The largest absolute Gasteiger partial charge is 0.334 e. The minimum absolute atomic E-state index is 0.316. The third kappa shape index (κ3) is 4.15. The smallest absolute Gasteiger partial charge is 0.257 e. The van der Waals surface area contributed by atoms with Crippen molar-refractivity contribution in [2.24, 2.45) is 0 Å². The summed E-state index contributed by atoms with van der Waals surface area (Å²) in [7, 11) is 0. The summed E-state index contributed by atoms with van der Waals surface area (Å²) in [5.41, 5.74) is 2.26. The van der Waals surface area contributed by atoms with E-state index in [1.807, 2.05) is 34.9 Å². The molecule has 0 fully saturated rings. The quantitative estimate of drug-likeness (QED) is 0.318. The van der Waals surface area contributed by atoms with Crippen molar-refractivity contribution in [3.8, 4) is 28.5 Å². The molecule has 0 aliphatic carbocycles. The van der Waals surface area contributed by atoms with E-state index in [1.165, 1.54) is 36.0 Å². The van der Waals surface area contributed by atoms with Gasteiger partial charge in [-0.2, -0.15) is 4.98 Å². The van der Waals surface area contributed by atoms with Crippen LogP contribution in [0.1, 0.15) is 5.82 Å². The molecule has 0 amide bonds. The Morgan fingerprint density at radius 3 is 2.12 bits per heavy atom. The van der Waals surface area contributed by atoms with Gasteiger partial charge in [0.25, 0.3) is 5.89 Å². The van der Waals surface area contributed by atoms with Crippen molar-refractivity contribution in [3.63, 3.8) is 0 Å². The minimum Gasteiger partial charge on any atom is -0.334 e. The highest BCUT2D eigenvalue weighted by Gasteiger charge is 2.18. The fourth-order valence-electron chi connectivity index (χ4n) is 3.11. The van der Waals surface area contributed by atoms with E-state index in [1.54, 1.807) is 24.3 Å². The molecular weight excluding hydrogens is 432 g/mol. The number of hydrogen-bond acceptors (Lipinski definition) is 6. The first-order valence-electron chi connectivity index (χ1n) is 9.65. The van der Waals surface area contributed by atoms with Gasteiger partial charge in [0.2, 0.25) is 0 Å². The fourth-order valence-corrected chi connectivity index (χ4v) is 3.91. The minimum atomic E-state index is -0.332. The van der Waals surface area contributed by atoms with E-state index in [9.17, 15) is 8.78 Å². The van der Waals surface area contributed by atoms with E-state index >= 15 is 0 Å². The Morgan fingerprint density at radius 2 is 1.44 bits per heavy atom. The van der Waals surface area contributed by atoms with Crippen molar-refractivity contribution < 1.29 is 13.3 Å². The molecule has 2 aromatic heterocycles. The number of nitrogens with zero attached hydrogens (tertiary/aromatic N) is 5. The van der Waals surface area contributed by atoms with Crippen LogP contribution in [-0.2, 0) is 5.75 Å². The van der Waals surface area contributed by atoms with E-state index < -0.39 is 0 Å². The monoisotopic (exact) mass is 447 g/mol. The average molecular weight is 447 g/mol. The second-order valence-corrected chi connectivity index (χ2v) is 7.74. The second-order valence-electron chi connectivity index (χ2n) is 6.80. The summed E-state index contributed by atoms with van der Waals surface area (Å²) in [6.45, 7) is 0. The van der Waals surface area contributed by atoms with Crippen molar-refractivity contribution >= 4 is 11.8 Å². The van der Waals surface area contributed by atoms with Gasteiger partial charge in [0.1, 0.15) is 11.6 Å². The lowest BCUT2D eigenvalue weighted by Gasteiger charge is -2.09. The first-order chi connectivity index (χ1) is 15.7. The van der Waals surface area contributed by atoms with Crippen LogP contribution in [0.4, 0.5) is 8.78 Å². The van der Waals surface area contributed by atoms with E-state index in [2.05, 4.69) is 20.3 Å². The van der Waals surface area contributed by atoms with Crippen LogP contribution in [0.5, 0.6) is 0 Å². The standard InChI is InChI=1S/C23H15F2N5OS/c24-17-10-6-15(7-11-17)21-27-28-23(30(21)19-4-2-1-3-5-19)32-14-20-26-22(31-29-20)16-8-12-18(25)13-9-16/h1-13H,14H2. The molecule has 3 aromatic carbocycles. The highest BCUT2D eigenvalue weighted by molar-refractivity contribution is 7.98. The van der Waals surface area contributed by atoms with E-state index in [0.29, 0.717) is 34.0 Å². The maximum absolute atomic E-state index is 13.4. The number of benzene rings is 3. The molecule has 0 atom stereocenters. The maximum atomic E-state index is 13.4. The van der Waals surface area contributed by atoms with Crippen LogP contribution in [0, 0.1) is 11.6 Å². The molecule has 0 spiro atoms. The number of thioether (sulfide) groups is 1. The molecule has 6 nitrogen and oxygen atoms in total. The van der Waals surface area contributed by atoms with Crippen molar-refractivity contribution in [1.82, 2.24) is 24.9 Å². The lowest BCUT2D eigenvalue weighted by Crippen LogP contribution is -2.00. The number of halogens is 2. The topological polar surface area (TPSA) is 69.6 Å². The van der Waals surface area contributed by atoms with Crippen LogP contribution >= 0.6 is 11.8 Å². The normalized spacial score (nSPS) is 11.1. The molecule has 0 bridgehead atoms. The van der Waals surface area contributed by atoms with Crippen LogP contribution in [0.3, 0.4) is 0 Å². The van der Waals surface area contributed by atoms with Gasteiger partial charge in [0.05, 0.1) is 5.75 Å². The van der Waals surface area contributed by atoms with Crippen LogP contribution in [0.15, 0.2) is 88.5 Å². The highest BCUT2D eigenvalue weighted by atomic mass is 32.2. The molecule has 0 saturated carbocycles. The average Bonchev–Trinajstić information content (AvgIpc) is 3.47. The molecule has 2 heterocycles. The number of para-hydroxylation sites is 1. The summed E-state index contributed by atoms with van der Waals surface area (Å²) in [6, 6.07) is 21.6. The van der Waals surface area contributed by atoms with Gasteiger partial charge in [-0.25, -0.2) is 8.78 Å². The second kappa shape index (κ2) is 8.72. The van der Waals surface area contributed by atoms with E-state index in [4.69, 9.17) is 4.52 Å². The van der Waals surface area contributed by atoms with Crippen LogP contribution < -0.4 is 0 Å². The molecule has 5 rings (SSSR count). The third-order valence-corrected chi connectivity index (χ3v) is 5.56. The lowest BCUT2D eigenvalue weighted by molar-refractivity contribution is 0.425. The Balaban J connectivity index is 1.43. The van der Waals surface area contributed by atoms with Gasteiger partial charge in [-0.15, -0.1) is 10.2 Å². The van der Waals surface area contributed by atoms with E-state index in [0.717, 1.165) is 11.3 Å². The zero-order valence-electron chi connectivity index (χ0n) is 16.5. The van der Waals surface area contributed by atoms with Gasteiger partial charge in [-0.1, -0.05) is 35.1 Å². The van der Waals surface area contributed by atoms with Crippen molar-refractivity contribution in [1.29, 1.82) is 0 Å². The lowest BCUT2D eigenvalue weighted by atomic mass is 10.2. The van der Waals surface area contributed by atoms with Crippen molar-refractivity contribution in [3.05, 3.63) is 96.3 Å². The number of aromatic nitrogens is 5. The summed E-state index contributed by atoms with van der Waals surface area (Å²) in [6.07, 6.45) is 0. The molecule has 0 radical (unpaired) electrons. The van der Waals surface area contributed by atoms with Crippen LogP contribution in [0.25, 0.3) is 28.5 Å². The van der Waals surface area contributed by atoms with Crippen molar-refractivity contribution in [2.75, 3.05) is 0 Å². The Bertz CT molecular complexity index is 1340. The zero-order valence-corrected chi connectivity index (χ0v) is 17.3. The summed E-state index contributed by atoms with van der Waals surface area (Å²) in [5, 5.41) is 13.3. The first-order valence-corrected chi connectivity index (χ1v) is 10.6. The number of rotatable bonds is 6.